The van der Waals surface area contributed by atoms with Crippen LogP contribution in [0.15, 0.2) is 0 Å². The summed E-state index contributed by atoms with van der Waals surface area (Å²) >= 11 is 0. The van der Waals surface area contributed by atoms with Crippen LogP contribution < -0.4 is 0 Å². The SMILES string of the molecule is CC(C(=O)N1CCCC1)N1CCCC(C(=O)N2CCOCC2)C1. The Kier molecular flexibility index (Phi) is 5.54. The van der Waals surface area contributed by atoms with Crippen molar-refractivity contribution in [2.75, 3.05) is 52.5 Å². The van der Waals surface area contributed by atoms with Crippen molar-refractivity contribution in [1.82, 2.24) is 14.7 Å². The van der Waals surface area contributed by atoms with Crippen molar-refractivity contribution in [1.29, 1.82) is 0 Å². The molecule has 0 aromatic carbocycles. The van der Waals surface area contributed by atoms with E-state index in [0.29, 0.717) is 26.3 Å². The lowest BCUT2D eigenvalue weighted by atomic mass is 9.95. The third-order valence-electron chi connectivity index (χ3n) is 5.45. The molecular weight excluding hydrogens is 294 g/mol. The van der Waals surface area contributed by atoms with E-state index in [4.69, 9.17) is 4.74 Å². The average molecular weight is 323 g/mol. The minimum absolute atomic E-state index is 0.0377. The largest absolute Gasteiger partial charge is 0.378 e. The minimum atomic E-state index is -0.103. The fourth-order valence-electron chi connectivity index (χ4n) is 3.96. The predicted octanol–water partition coefficient (Wildman–Crippen LogP) is 0.568. The molecule has 0 radical (unpaired) electrons. The second kappa shape index (κ2) is 7.62. The van der Waals surface area contributed by atoms with Crippen molar-refractivity contribution in [3.05, 3.63) is 0 Å². The highest BCUT2D eigenvalue weighted by atomic mass is 16.5. The van der Waals surface area contributed by atoms with Gasteiger partial charge in [-0.3, -0.25) is 14.5 Å². The van der Waals surface area contributed by atoms with Crippen molar-refractivity contribution < 1.29 is 14.3 Å². The van der Waals surface area contributed by atoms with E-state index in [9.17, 15) is 9.59 Å². The highest BCUT2D eigenvalue weighted by Crippen LogP contribution is 2.22. The summed E-state index contributed by atoms with van der Waals surface area (Å²) in [5.74, 6) is 0.525. The van der Waals surface area contributed by atoms with Gasteiger partial charge in [0.25, 0.3) is 0 Å². The number of piperidine rings is 1. The number of hydrogen-bond donors (Lipinski definition) is 0. The molecule has 130 valence electrons. The smallest absolute Gasteiger partial charge is 0.239 e. The van der Waals surface area contributed by atoms with Crippen molar-refractivity contribution >= 4 is 11.8 Å². The maximum atomic E-state index is 12.7. The van der Waals surface area contributed by atoms with Crippen LogP contribution in [-0.2, 0) is 14.3 Å². The van der Waals surface area contributed by atoms with Crippen LogP contribution in [-0.4, -0.2) is 85.0 Å². The first-order valence-electron chi connectivity index (χ1n) is 9.06. The molecule has 0 aromatic rings. The van der Waals surface area contributed by atoms with E-state index in [1.165, 1.54) is 0 Å². The molecule has 3 saturated heterocycles. The van der Waals surface area contributed by atoms with Crippen molar-refractivity contribution in [2.45, 2.75) is 38.6 Å². The molecule has 0 aromatic heterocycles. The molecule has 2 amide bonds. The molecule has 3 rings (SSSR count). The van der Waals surface area contributed by atoms with E-state index in [2.05, 4.69) is 4.90 Å². The Hall–Kier alpha value is -1.14. The lowest BCUT2D eigenvalue weighted by molar-refractivity contribution is -0.144. The molecule has 6 nitrogen and oxygen atoms in total. The Labute approximate surface area is 138 Å². The number of rotatable bonds is 3. The number of hydrogen-bond acceptors (Lipinski definition) is 4. The molecule has 0 spiro atoms. The topological polar surface area (TPSA) is 53.1 Å². The number of carbonyl (C=O) groups is 2. The van der Waals surface area contributed by atoms with Gasteiger partial charge in [0, 0.05) is 32.7 Å². The van der Waals surface area contributed by atoms with Crippen LogP contribution in [0.1, 0.15) is 32.6 Å². The number of amides is 2. The third kappa shape index (κ3) is 3.86. The highest BCUT2D eigenvalue weighted by molar-refractivity contribution is 5.82. The first-order chi connectivity index (χ1) is 11.2. The summed E-state index contributed by atoms with van der Waals surface area (Å²) in [5.41, 5.74) is 0. The molecule has 2 atom stereocenters. The highest BCUT2D eigenvalue weighted by Gasteiger charge is 2.35. The maximum Gasteiger partial charge on any atom is 0.239 e. The van der Waals surface area contributed by atoms with Crippen molar-refractivity contribution in [3.63, 3.8) is 0 Å². The Balaban J connectivity index is 1.56. The zero-order valence-electron chi connectivity index (χ0n) is 14.2. The molecule has 6 heteroatoms. The van der Waals surface area contributed by atoms with E-state index in [1.54, 1.807) is 0 Å². The van der Waals surface area contributed by atoms with Crippen molar-refractivity contribution in [2.24, 2.45) is 5.92 Å². The molecule has 0 saturated carbocycles. The van der Waals surface area contributed by atoms with E-state index >= 15 is 0 Å². The first kappa shape index (κ1) is 16.7. The predicted molar refractivity (Wildman–Crippen MR) is 87.0 cm³/mol. The van der Waals surface area contributed by atoms with Gasteiger partial charge in [0.05, 0.1) is 25.2 Å². The quantitative estimate of drug-likeness (QED) is 0.762. The molecule has 3 aliphatic rings. The summed E-state index contributed by atoms with van der Waals surface area (Å²) in [7, 11) is 0. The number of nitrogens with zero attached hydrogens (tertiary/aromatic N) is 3. The zero-order chi connectivity index (χ0) is 16.2. The van der Waals surface area contributed by atoms with E-state index in [1.807, 2.05) is 16.7 Å². The van der Waals surface area contributed by atoms with Crippen molar-refractivity contribution in [3.8, 4) is 0 Å². The summed E-state index contributed by atoms with van der Waals surface area (Å²) in [5, 5.41) is 0. The molecular formula is C17H29N3O3. The van der Waals surface area contributed by atoms with Crippen LogP contribution >= 0.6 is 0 Å². The van der Waals surface area contributed by atoms with Gasteiger partial charge in [0.2, 0.25) is 11.8 Å². The van der Waals surface area contributed by atoms with E-state index in [0.717, 1.165) is 51.9 Å². The third-order valence-corrected chi connectivity index (χ3v) is 5.45. The molecule has 23 heavy (non-hydrogen) atoms. The Bertz CT molecular complexity index is 431. The summed E-state index contributed by atoms with van der Waals surface area (Å²) < 4.78 is 5.33. The average Bonchev–Trinajstić information content (AvgIpc) is 3.15. The molecule has 3 heterocycles. The summed E-state index contributed by atoms with van der Waals surface area (Å²) in [6.45, 7) is 8.14. The molecule has 2 unspecified atom stereocenters. The molecule has 3 aliphatic heterocycles. The van der Waals surface area contributed by atoms with Gasteiger partial charge in [0.15, 0.2) is 0 Å². The fourth-order valence-corrected chi connectivity index (χ4v) is 3.96. The standard InChI is InChI=1S/C17H29N3O3/c1-14(16(21)18-6-2-3-7-18)20-8-4-5-15(13-20)17(22)19-9-11-23-12-10-19/h14-15H,2-13H2,1H3. The number of likely N-dealkylation sites (tertiary alicyclic amines) is 2. The lowest BCUT2D eigenvalue weighted by Crippen LogP contribution is -2.53. The Morgan fingerprint density at radius 2 is 1.65 bits per heavy atom. The van der Waals surface area contributed by atoms with E-state index in [-0.39, 0.29) is 23.8 Å². The second-order valence-corrected chi connectivity index (χ2v) is 6.98. The van der Waals surface area contributed by atoms with Crippen LogP contribution in [0.4, 0.5) is 0 Å². The molecule has 0 N–H and O–H groups in total. The van der Waals surface area contributed by atoms with Gasteiger partial charge in [0.1, 0.15) is 0 Å². The van der Waals surface area contributed by atoms with Gasteiger partial charge in [-0.1, -0.05) is 0 Å². The Morgan fingerprint density at radius 3 is 2.35 bits per heavy atom. The summed E-state index contributed by atoms with van der Waals surface area (Å²) in [4.78, 5) is 31.4. The van der Waals surface area contributed by atoms with Gasteiger partial charge in [-0.2, -0.15) is 0 Å². The van der Waals surface area contributed by atoms with Crippen LogP contribution in [0, 0.1) is 5.92 Å². The van der Waals surface area contributed by atoms with Crippen LogP contribution in [0.5, 0.6) is 0 Å². The van der Waals surface area contributed by atoms with Gasteiger partial charge in [-0.25, -0.2) is 0 Å². The van der Waals surface area contributed by atoms with Gasteiger partial charge in [-0.05, 0) is 39.2 Å². The first-order valence-corrected chi connectivity index (χ1v) is 9.06. The molecule has 3 fully saturated rings. The number of morpholine rings is 1. The maximum absolute atomic E-state index is 12.7. The minimum Gasteiger partial charge on any atom is -0.378 e. The normalized spacial score (nSPS) is 28.0. The Morgan fingerprint density at radius 1 is 0.957 bits per heavy atom. The van der Waals surface area contributed by atoms with Crippen LogP contribution in [0.3, 0.4) is 0 Å². The number of ether oxygens (including phenoxy) is 1. The molecule has 0 aliphatic carbocycles. The fraction of sp³-hybridized carbons (Fsp3) is 0.882. The second-order valence-electron chi connectivity index (χ2n) is 6.98. The van der Waals surface area contributed by atoms with E-state index < -0.39 is 0 Å². The number of carbonyl (C=O) groups excluding carboxylic acids is 2. The molecule has 0 bridgehead atoms. The lowest BCUT2D eigenvalue weighted by Gasteiger charge is -2.39. The van der Waals surface area contributed by atoms with Crippen LogP contribution in [0.25, 0.3) is 0 Å². The zero-order valence-corrected chi connectivity index (χ0v) is 14.2. The summed E-state index contributed by atoms with van der Waals surface area (Å²) in [6, 6.07) is -0.103. The van der Waals surface area contributed by atoms with Gasteiger partial charge in [-0.15, -0.1) is 0 Å². The van der Waals surface area contributed by atoms with Gasteiger partial charge < -0.3 is 14.5 Å². The van der Waals surface area contributed by atoms with Gasteiger partial charge >= 0.3 is 0 Å². The monoisotopic (exact) mass is 323 g/mol. The summed E-state index contributed by atoms with van der Waals surface area (Å²) in [6.07, 6.45) is 4.18. The van der Waals surface area contributed by atoms with Crippen LogP contribution in [0.2, 0.25) is 0 Å².